The smallest absolute Gasteiger partial charge is 0.319 e. The normalized spacial score (nSPS) is 16.9. The number of nitrogens with two attached hydrogens (primary N) is 1. The number of anilines is 2. The molecule has 0 atom stereocenters. The molecule has 21 heavy (non-hydrogen) atoms. The first-order valence-corrected chi connectivity index (χ1v) is 7.89. The molecule has 0 spiro atoms. The summed E-state index contributed by atoms with van der Waals surface area (Å²) in [4.78, 5) is 12.0. The van der Waals surface area contributed by atoms with E-state index in [4.69, 9.17) is 5.73 Å². The van der Waals surface area contributed by atoms with Crippen LogP contribution in [-0.2, 0) is 0 Å². The van der Waals surface area contributed by atoms with Crippen molar-refractivity contribution in [2.24, 2.45) is 11.3 Å². The fourth-order valence-electron chi connectivity index (χ4n) is 3.50. The van der Waals surface area contributed by atoms with E-state index in [1.54, 1.807) is 12.1 Å². The summed E-state index contributed by atoms with van der Waals surface area (Å²) >= 11 is 0. The minimum Gasteiger partial charge on any atom is -0.399 e. The quantitative estimate of drug-likeness (QED) is 0.717. The second kappa shape index (κ2) is 6.83. The summed E-state index contributed by atoms with van der Waals surface area (Å²) in [6.45, 7) is 5.28. The lowest BCUT2D eigenvalue weighted by molar-refractivity contribution is 0.215. The summed E-state index contributed by atoms with van der Waals surface area (Å²) in [6.07, 6.45) is 6.20. The highest BCUT2D eigenvalue weighted by Crippen LogP contribution is 2.42. The molecule has 0 saturated heterocycles. The van der Waals surface area contributed by atoms with Crippen molar-refractivity contribution in [3.63, 3.8) is 0 Å². The maximum atomic E-state index is 12.0. The van der Waals surface area contributed by atoms with E-state index in [2.05, 4.69) is 24.5 Å². The average Bonchev–Trinajstić information content (AvgIpc) is 2.84. The third-order valence-corrected chi connectivity index (χ3v) is 4.27. The van der Waals surface area contributed by atoms with Crippen LogP contribution in [0.2, 0.25) is 0 Å². The first kappa shape index (κ1) is 15.7. The maximum Gasteiger partial charge on any atom is 0.319 e. The summed E-state index contributed by atoms with van der Waals surface area (Å²) in [5, 5.41) is 5.90. The monoisotopic (exact) mass is 289 g/mol. The van der Waals surface area contributed by atoms with Gasteiger partial charge in [0.25, 0.3) is 0 Å². The lowest BCUT2D eigenvalue weighted by Gasteiger charge is -2.31. The summed E-state index contributed by atoms with van der Waals surface area (Å²) < 4.78 is 0. The van der Waals surface area contributed by atoms with E-state index in [-0.39, 0.29) is 6.03 Å². The van der Waals surface area contributed by atoms with Crippen molar-refractivity contribution in [2.45, 2.75) is 46.0 Å². The van der Waals surface area contributed by atoms with Gasteiger partial charge in [0.2, 0.25) is 0 Å². The van der Waals surface area contributed by atoms with Gasteiger partial charge in [0.15, 0.2) is 0 Å². The van der Waals surface area contributed by atoms with Crippen LogP contribution in [0.25, 0.3) is 0 Å². The van der Waals surface area contributed by atoms with E-state index in [1.807, 2.05) is 12.1 Å². The Hall–Kier alpha value is -1.71. The van der Waals surface area contributed by atoms with Crippen LogP contribution >= 0.6 is 0 Å². The Morgan fingerprint density at radius 1 is 1.33 bits per heavy atom. The van der Waals surface area contributed by atoms with Crippen LogP contribution < -0.4 is 16.4 Å². The fourth-order valence-corrected chi connectivity index (χ4v) is 3.50. The number of nitrogen functional groups attached to an aromatic ring is 1. The van der Waals surface area contributed by atoms with Crippen LogP contribution in [0.4, 0.5) is 16.2 Å². The molecular formula is C17H27N3O. The number of urea groups is 1. The average molecular weight is 289 g/mol. The van der Waals surface area contributed by atoms with Gasteiger partial charge in [0, 0.05) is 17.9 Å². The topological polar surface area (TPSA) is 67.2 Å². The molecular weight excluding hydrogens is 262 g/mol. The van der Waals surface area contributed by atoms with Crippen molar-refractivity contribution in [3.8, 4) is 0 Å². The van der Waals surface area contributed by atoms with Gasteiger partial charge in [-0.15, -0.1) is 0 Å². The van der Waals surface area contributed by atoms with Gasteiger partial charge in [0.1, 0.15) is 0 Å². The van der Waals surface area contributed by atoms with Crippen LogP contribution in [0.5, 0.6) is 0 Å². The van der Waals surface area contributed by atoms with E-state index in [1.165, 1.54) is 32.1 Å². The molecule has 4 heteroatoms. The largest absolute Gasteiger partial charge is 0.399 e. The molecule has 0 heterocycles. The summed E-state index contributed by atoms with van der Waals surface area (Å²) in [5.74, 6) is 0.668. The molecule has 0 bridgehead atoms. The molecule has 0 unspecified atom stereocenters. The van der Waals surface area contributed by atoms with Crippen LogP contribution in [0.1, 0.15) is 46.0 Å². The third-order valence-electron chi connectivity index (χ3n) is 4.27. The van der Waals surface area contributed by atoms with E-state index in [9.17, 15) is 4.79 Å². The van der Waals surface area contributed by atoms with E-state index in [0.29, 0.717) is 17.0 Å². The number of carbonyl (C=O) groups excluding carboxylic acids is 1. The molecule has 0 radical (unpaired) electrons. The molecule has 4 N–H and O–H groups in total. The number of hydrogen-bond acceptors (Lipinski definition) is 2. The van der Waals surface area contributed by atoms with Gasteiger partial charge in [-0.1, -0.05) is 32.8 Å². The molecule has 0 aromatic heterocycles. The van der Waals surface area contributed by atoms with Crippen molar-refractivity contribution in [3.05, 3.63) is 24.3 Å². The predicted molar refractivity (Wildman–Crippen MR) is 88.2 cm³/mol. The number of amides is 2. The number of hydrogen-bond donors (Lipinski definition) is 3. The molecule has 1 fully saturated rings. The van der Waals surface area contributed by atoms with Gasteiger partial charge in [0.05, 0.1) is 0 Å². The van der Waals surface area contributed by atoms with Crippen molar-refractivity contribution in [1.82, 2.24) is 5.32 Å². The van der Waals surface area contributed by atoms with Gasteiger partial charge in [-0.05, 0) is 48.8 Å². The van der Waals surface area contributed by atoms with Crippen molar-refractivity contribution >= 4 is 17.4 Å². The maximum absolute atomic E-state index is 12.0. The molecule has 4 nitrogen and oxygen atoms in total. The highest BCUT2D eigenvalue weighted by molar-refractivity contribution is 5.89. The molecule has 1 aliphatic rings. The Labute approximate surface area is 127 Å². The zero-order valence-electron chi connectivity index (χ0n) is 13.1. The van der Waals surface area contributed by atoms with E-state index < -0.39 is 0 Å². The van der Waals surface area contributed by atoms with E-state index >= 15 is 0 Å². The van der Waals surface area contributed by atoms with Crippen molar-refractivity contribution < 1.29 is 4.79 Å². The lowest BCUT2D eigenvalue weighted by Crippen LogP contribution is -2.39. The Morgan fingerprint density at radius 3 is 2.67 bits per heavy atom. The van der Waals surface area contributed by atoms with Gasteiger partial charge >= 0.3 is 6.03 Å². The zero-order valence-corrected chi connectivity index (χ0v) is 13.1. The first-order chi connectivity index (χ1) is 9.99. The third kappa shape index (κ3) is 4.66. The van der Waals surface area contributed by atoms with Crippen molar-refractivity contribution in [2.75, 3.05) is 17.6 Å². The standard InChI is InChI=1S/C17H27N3O/c1-13(2)11-17(8-3-4-9-17)12-19-16(21)20-15-7-5-6-14(18)10-15/h5-7,10,13H,3-4,8-9,11-12,18H2,1-2H3,(H2,19,20,21). The first-order valence-electron chi connectivity index (χ1n) is 7.89. The SMILES string of the molecule is CC(C)CC1(CNC(=O)Nc2cccc(N)c2)CCCC1. The zero-order chi connectivity index (χ0) is 15.3. The summed E-state index contributed by atoms with van der Waals surface area (Å²) in [5.41, 5.74) is 7.39. The molecule has 1 aromatic carbocycles. The Morgan fingerprint density at radius 2 is 2.05 bits per heavy atom. The van der Waals surface area contributed by atoms with Crippen molar-refractivity contribution in [1.29, 1.82) is 0 Å². The van der Waals surface area contributed by atoms with E-state index in [0.717, 1.165) is 12.2 Å². The van der Waals surface area contributed by atoms with Crippen LogP contribution in [-0.4, -0.2) is 12.6 Å². The second-order valence-corrected chi connectivity index (χ2v) is 6.74. The Balaban J connectivity index is 1.87. The molecule has 1 aromatic rings. The summed E-state index contributed by atoms with van der Waals surface area (Å²) in [6, 6.07) is 7.10. The fraction of sp³-hybridized carbons (Fsp3) is 0.588. The number of benzene rings is 1. The van der Waals surface area contributed by atoms with Gasteiger partial charge < -0.3 is 16.4 Å². The molecule has 0 aliphatic heterocycles. The number of carbonyl (C=O) groups is 1. The van der Waals surface area contributed by atoms with Gasteiger partial charge in [-0.25, -0.2) is 4.79 Å². The summed E-state index contributed by atoms with van der Waals surface area (Å²) in [7, 11) is 0. The van der Waals surface area contributed by atoms with Gasteiger partial charge in [-0.2, -0.15) is 0 Å². The molecule has 1 aliphatic carbocycles. The number of rotatable bonds is 5. The highest BCUT2D eigenvalue weighted by Gasteiger charge is 2.34. The highest BCUT2D eigenvalue weighted by atomic mass is 16.2. The Kier molecular flexibility index (Phi) is 5.10. The minimum absolute atomic E-state index is 0.143. The number of nitrogens with one attached hydrogen (secondary N) is 2. The molecule has 2 rings (SSSR count). The van der Waals surface area contributed by atoms with Crippen LogP contribution in [0.3, 0.4) is 0 Å². The van der Waals surface area contributed by atoms with Gasteiger partial charge in [-0.3, -0.25) is 0 Å². The molecule has 1 saturated carbocycles. The molecule has 2 amide bonds. The van der Waals surface area contributed by atoms with Crippen LogP contribution in [0, 0.1) is 11.3 Å². The molecule has 116 valence electrons. The predicted octanol–water partition coefficient (Wildman–Crippen LogP) is 4.00. The minimum atomic E-state index is -0.143. The Bertz CT molecular complexity index is 479. The van der Waals surface area contributed by atoms with Crippen LogP contribution in [0.15, 0.2) is 24.3 Å². The lowest BCUT2D eigenvalue weighted by atomic mass is 9.78. The second-order valence-electron chi connectivity index (χ2n) is 6.74.